The Morgan fingerprint density at radius 3 is 0.900 bits per heavy atom. The third-order valence-electron chi connectivity index (χ3n) is 10.2. The maximum absolute atomic E-state index is 6.45. The molecule has 0 aliphatic carbocycles. The summed E-state index contributed by atoms with van der Waals surface area (Å²) in [7, 11) is 8.92. The molecule has 0 aromatic heterocycles. The number of quaternary nitrogens is 1. The van der Waals surface area contributed by atoms with E-state index in [9.17, 15) is 0 Å². The molecule has 0 heterocycles. The molecule has 304 valence electrons. The predicted molar refractivity (Wildman–Crippen MR) is 225 cm³/mol. The minimum Gasteiger partial charge on any atom is -1.00 e. The average Bonchev–Trinajstić information content (AvgIpc) is 3.07. The van der Waals surface area contributed by atoms with Crippen molar-refractivity contribution >= 4 is 18.4 Å². The van der Waals surface area contributed by atoms with E-state index in [-0.39, 0.29) is 24.0 Å². The van der Waals surface area contributed by atoms with Gasteiger partial charge in [0.25, 0.3) is 6.64 Å². The molecule has 0 unspecified atom stereocenters. The molecular weight excluding hydrogens is 766 g/mol. The van der Waals surface area contributed by atoms with E-state index >= 15 is 0 Å². The molecule has 0 aliphatic heterocycles. The highest BCUT2D eigenvalue weighted by molar-refractivity contribution is 8.08. The van der Waals surface area contributed by atoms with Gasteiger partial charge in [0.15, 0.2) is 0 Å². The molecule has 0 N–H and O–H groups in total. The van der Waals surface area contributed by atoms with Gasteiger partial charge in [0.2, 0.25) is 0 Å². The molecule has 4 nitrogen and oxygen atoms in total. The van der Waals surface area contributed by atoms with Crippen molar-refractivity contribution in [2.45, 2.75) is 226 Å². The minimum atomic E-state index is -2.41. The molecule has 50 heavy (non-hydrogen) atoms. The highest BCUT2D eigenvalue weighted by Crippen LogP contribution is 2.51. The average molecular weight is 859 g/mol. The summed E-state index contributed by atoms with van der Waals surface area (Å²) >= 11 is 6.14. The van der Waals surface area contributed by atoms with Crippen molar-refractivity contribution in [2.24, 2.45) is 0 Å². The van der Waals surface area contributed by atoms with Gasteiger partial charge < -0.3 is 37.5 Å². The number of unbranched alkanes of at least 4 members (excludes halogenated alkanes) is 30. The third-order valence-corrected chi connectivity index (χ3v) is 13.8. The van der Waals surface area contributed by atoms with E-state index in [1.807, 2.05) is 0 Å². The Bertz CT molecular complexity index is 667. The predicted octanol–water partition coefficient (Wildman–Crippen LogP) is 11.8. The summed E-state index contributed by atoms with van der Waals surface area (Å²) in [5.74, 6) is 0. The molecular formula is C43H92IN2O2PS. The van der Waals surface area contributed by atoms with Crippen LogP contribution in [-0.4, -0.2) is 63.6 Å². The van der Waals surface area contributed by atoms with Crippen molar-refractivity contribution in [3.8, 4) is 0 Å². The van der Waals surface area contributed by atoms with Crippen LogP contribution in [-0.2, 0) is 20.9 Å². The standard InChI is InChI=1S/C43H92N2O2PS.HI/c1-7-9-11-13-15-17-19-21-23-25-27-29-31-33-35-37-42-46-48(49,44(3)40-39-41-45(4,5)6)47-43-38-36-34-32-30-28-26-24-22-20-18-16-14-12-10-8-2;/h7-43H2,1-6H3;1H/q+1;/p-1. The van der Waals surface area contributed by atoms with Crippen molar-refractivity contribution in [3.05, 3.63) is 0 Å². The first-order valence-electron chi connectivity index (χ1n) is 22.2. The second-order valence-corrected chi connectivity index (χ2v) is 20.0. The van der Waals surface area contributed by atoms with E-state index in [2.05, 4.69) is 46.7 Å². The van der Waals surface area contributed by atoms with Gasteiger partial charge in [-0.3, -0.25) is 0 Å². The van der Waals surface area contributed by atoms with E-state index in [1.165, 1.54) is 193 Å². The Balaban J connectivity index is 0. The van der Waals surface area contributed by atoms with Crippen LogP contribution in [0.3, 0.4) is 0 Å². The maximum Gasteiger partial charge on any atom is 0.263 e. The van der Waals surface area contributed by atoms with E-state index < -0.39 is 6.64 Å². The Morgan fingerprint density at radius 1 is 0.420 bits per heavy atom. The Kier molecular flexibility index (Phi) is 42.6. The van der Waals surface area contributed by atoms with Crippen molar-refractivity contribution in [1.82, 2.24) is 4.67 Å². The molecule has 0 saturated heterocycles. The summed E-state index contributed by atoms with van der Waals surface area (Å²) in [6.07, 6.45) is 45.5. The fourth-order valence-electron chi connectivity index (χ4n) is 6.79. The Morgan fingerprint density at radius 2 is 0.660 bits per heavy atom. The Hall–Kier alpha value is 1.22. The zero-order valence-corrected chi connectivity index (χ0v) is 39.0. The number of hydrogen-bond donors (Lipinski definition) is 0. The molecule has 0 spiro atoms. The van der Waals surface area contributed by atoms with Crippen LogP contribution in [0.5, 0.6) is 0 Å². The lowest BCUT2D eigenvalue weighted by Crippen LogP contribution is -3.00. The lowest BCUT2D eigenvalue weighted by Gasteiger charge is -2.32. The highest BCUT2D eigenvalue weighted by atomic mass is 127. The molecule has 0 amide bonds. The SMILES string of the molecule is CCCCCCCCCCCCCCCCCCOP(=S)(OCCCCCCCCCCCCCCCCCC)N(C)CCC[N+](C)(C)C.[I-]. The van der Waals surface area contributed by atoms with Crippen LogP contribution < -0.4 is 24.0 Å². The molecule has 0 saturated carbocycles. The second kappa shape index (κ2) is 39.9. The Labute approximate surface area is 339 Å². The summed E-state index contributed by atoms with van der Waals surface area (Å²) in [6.45, 7) is 5.76. The normalized spacial score (nSPS) is 12.2. The molecule has 0 aromatic rings. The summed E-state index contributed by atoms with van der Waals surface area (Å²) in [5, 5.41) is 0. The van der Waals surface area contributed by atoms with E-state index in [4.69, 9.17) is 20.9 Å². The second-order valence-electron chi connectivity index (χ2n) is 16.5. The van der Waals surface area contributed by atoms with Gasteiger partial charge in [-0.1, -0.05) is 206 Å². The molecule has 0 atom stereocenters. The van der Waals surface area contributed by atoms with Gasteiger partial charge in [0, 0.05) is 13.0 Å². The van der Waals surface area contributed by atoms with Gasteiger partial charge in [-0.25, -0.2) is 4.67 Å². The first-order valence-corrected chi connectivity index (χ1v) is 24.8. The lowest BCUT2D eigenvalue weighted by molar-refractivity contribution is -0.870. The van der Waals surface area contributed by atoms with Crippen molar-refractivity contribution in [1.29, 1.82) is 0 Å². The third kappa shape index (κ3) is 38.9. The molecule has 0 bridgehead atoms. The van der Waals surface area contributed by atoms with Crippen molar-refractivity contribution < 1.29 is 37.5 Å². The van der Waals surface area contributed by atoms with Gasteiger partial charge in [-0.05, 0) is 31.7 Å². The summed E-state index contributed by atoms with van der Waals surface area (Å²) < 4.78 is 16.1. The topological polar surface area (TPSA) is 21.7 Å². The van der Waals surface area contributed by atoms with Gasteiger partial charge >= 0.3 is 0 Å². The number of nitrogens with zero attached hydrogens (tertiary/aromatic N) is 2. The molecule has 0 radical (unpaired) electrons. The van der Waals surface area contributed by atoms with Crippen LogP contribution >= 0.6 is 6.64 Å². The van der Waals surface area contributed by atoms with Gasteiger partial charge in [0.1, 0.15) is 0 Å². The molecule has 0 rings (SSSR count). The van der Waals surface area contributed by atoms with Crippen molar-refractivity contribution in [2.75, 3.05) is 54.5 Å². The van der Waals surface area contributed by atoms with Crippen LogP contribution in [0, 0.1) is 0 Å². The molecule has 0 aliphatic rings. The largest absolute Gasteiger partial charge is 1.00 e. The highest BCUT2D eigenvalue weighted by Gasteiger charge is 2.25. The zero-order valence-electron chi connectivity index (χ0n) is 35.1. The molecule has 0 fully saturated rings. The van der Waals surface area contributed by atoms with Crippen molar-refractivity contribution in [3.63, 3.8) is 0 Å². The molecule has 7 heteroatoms. The van der Waals surface area contributed by atoms with Crippen LogP contribution in [0.1, 0.15) is 226 Å². The van der Waals surface area contributed by atoms with E-state index in [1.54, 1.807) is 0 Å². The van der Waals surface area contributed by atoms with Crippen LogP contribution in [0.15, 0.2) is 0 Å². The van der Waals surface area contributed by atoms with Gasteiger partial charge in [0.05, 0.1) is 40.9 Å². The molecule has 0 aromatic carbocycles. The van der Waals surface area contributed by atoms with Crippen LogP contribution in [0.25, 0.3) is 0 Å². The summed E-state index contributed by atoms with van der Waals surface area (Å²) in [4.78, 5) is 0. The number of hydrogen-bond acceptors (Lipinski definition) is 3. The zero-order chi connectivity index (χ0) is 36.2. The monoisotopic (exact) mass is 859 g/mol. The summed E-state index contributed by atoms with van der Waals surface area (Å²) in [6, 6.07) is 0. The number of rotatable bonds is 41. The fourth-order valence-corrected chi connectivity index (χ4v) is 9.06. The van der Waals surface area contributed by atoms with E-state index in [0.29, 0.717) is 0 Å². The van der Waals surface area contributed by atoms with Gasteiger partial charge in [-0.2, -0.15) is 0 Å². The number of halogens is 1. The van der Waals surface area contributed by atoms with Crippen LogP contribution in [0.2, 0.25) is 0 Å². The first kappa shape index (κ1) is 53.3. The minimum absolute atomic E-state index is 0. The first-order chi connectivity index (χ1) is 23.7. The van der Waals surface area contributed by atoms with Crippen LogP contribution in [0.4, 0.5) is 0 Å². The lowest BCUT2D eigenvalue weighted by atomic mass is 10.0. The van der Waals surface area contributed by atoms with Gasteiger partial charge in [-0.15, -0.1) is 0 Å². The van der Waals surface area contributed by atoms with E-state index in [0.717, 1.165) is 50.0 Å². The summed E-state index contributed by atoms with van der Waals surface area (Å²) in [5.41, 5.74) is 0. The quantitative estimate of drug-likeness (QED) is 0.0264. The maximum atomic E-state index is 6.45. The smallest absolute Gasteiger partial charge is 0.263 e. The fraction of sp³-hybridized carbons (Fsp3) is 1.00.